The van der Waals surface area contributed by atoms with Crippen LogP contribution < -0.4 is 10.6 Å². The van der Waals surface area contributed by atoms with E-state index in [2.05, 4.69) is 46.2 Å². The Hall–Kier alpha value is -0.850. The Kier molecular flexibility index (Phi) is 9.37. The van der Waals surface area contributed by atoms with Gasteiger partial charge in [-0.15, -0.1) is 0 Å². The van der Waals surface area contributed by atoms with Crippen molar-refractivity contribution in [3.05, 3.63) is 0 Å². The second kappa shape index (κ2) is 10.8. The van der Waals surface area contributed by atoms with E-state index in [1.165, 1.54) is 0 Å². The molecule has 6 nitrogen and oxygen atoms in total. The zero-order chi connectivity index (χ0) is 15.5. The number of hydrogen-bond donors (Lipinski definition) is 2. The molecule has 0 unspecified atom stereocenters. The molecule has 6 heteroatoms. The first kappa shape index (κ1) is 18.2. The number of aliphatic imine (C=N–C) groups is 1. The summed E-state index contributed by atoms with van der Waals surface area (Å²) in [4.78, 5) is 9.13. The van der Waals surface area contributed by atoms with E-state index in [1.807, 2.05) is 7.05 Å². The van der Waals surface area contributed by atoms with Crippen LogP contribution in [0.4, 0.5) is 0 Å². The average Bonchev–Trinajstić information content (AvgIpc) is 2.50. The van der Waals surface area contributed by atoms with Gasteiger partial charge < -0.3 is 15.4 Å². The topological polar surface area (TPSA) is 52.1 Å². The molecule has 1 fully saturated rings. The summed E-state index contributed by atoms with van der Waals surface area (Å²) in [5, 5.41) is 6.76. The molecule has 0 aromatic heterocycles. The molecule has 124 valence electrons. The number of rotatable bonds is 8. The number of morpholine rings is 1. The lowest BCUT2D eigenvalue weighted by atomic mass is 10.3. The molecule has 0 atom stereocenters. The van der Waals surface area contributed by atoms with Gasteiger partial charge in [0.05, 0.1) is 13.2 Å². The van der Waals surface area contributed by atoms with Gasteiger partial charge in [-0.3, -0.25) is 14.8 Å². The predicted octanol–water partition coefficient (Wildman–Crippen LogP) is 0.214. The van der Waals surface area contributed by atoms with Crippen molar-refractivity contribution in [1.82, 2.24) is 20.4 Å². The third kappa shape index (κ3) is 7.64. The molecule has 0 amide bonds. The summed E-state index contributed by atoms with van der Waals surface area (Å²) in [5.41, 5.74) is 0. The van der Waals surface area contributed by atoms with Crippen molar-refractivity contribution in [3.63, 3.8) is 0 Å². The molecule has 0 aromatic rings. The van der Waals surface area contributed by atoms with Crippen molar-refractivity contribution in [3.8, 4) is 0 Å². The van der Waals surface area contributed by atoms with Crippen LogP contribution in [0.15, 0.2) is 4.99 Å². The Labute approximate surface area is 129 Å². The van der Waals surface area contributed by atoms with E-state index in [9.17, 15) is 0 Å². The second-order valence-corrected chi connectivity index (χ2v) is 5.60. The number of ether oxygens (including phenoxy) is 1. The largest absolute Gasteiger partial charge is 0.379 e. The van der Waals surface area contributed by atoms with E-state index in [4.69, 9.17) is 4.74 Å². The highest BCUT2D eigenvalue weighted by atomic mass is 16.5. The molecular formula is C15H33N5O. The molecule has 1 saturated heterocycles. The first-order valence-electron chi connectivity index (χ1n) is 8.16. The van der Waals surface area contributed by atoms with Gasteiger partial charge in [0.2, 0.25) is 0 Å². The van der Waals surface area contributed by atoms with Crippen molar-refractivity contribution in [2.75, 3.05) is 66.1 Å². The van der Waals surface area contributed by atoms with Crippen molar-refractivity contribution in [2.24, 2.45) is 4.99 Å². The van der Waals surface area contributed by atoms with Gasteiger partial charge in [-0.2, -0.15) is 0 Å². The molecule has 1 heterocycles. The Bertz CT molecular complexity index is 290. The number of nitrogens with zero attached hydrogens (tertiary/aromatic N) is 3. The molecular weight excluding hydrogens is 266 g/mol. The summed E-state index contributed by atoms with van der Waals surface area (Å²) in [7, 11) is 1.82. The summed E-state index contributed by atoms with van der Waals surface area (Å²) in [6, 6.07) is 0.591. The number of likely N-dealkylation sites (N-methyl/N-ethyl adjacent to an activating group) is 1. The van der Waals surface area contributed by atoms with E-state index in [1.54, 1.807) is 0 Å². The van der Waals surface area contributed by atoms with Gasteiger partial charge >= 0.3 is 0 Å². The lowest BCUT2D eigenvalue weighted by Crippen LogP contribution is -2.46. The SMILES string of the molecule is CCN(CCNC(=NC)NCCN1CCOCC1)C(C)C. The third-order valence-corrected chi connectivity index (χ3v) is 3.88. The minimum Gasteiger partial charge on any atom is -0.379 e. The maximum Gasteiger partial charge on any atom is 0.191 e. The smallest absolute Gasteiger partial charge is 0.191 e. The Morgan fingerprint density at radius 1 is 1.24 bits per heavy atom. The first-order valence-corrected chi connectivity index (χ1v) is 8.16. The van der Waals surface area contributed by atoms with Crippen LogP contribution in [0.25, 0.3) is 0 Å². The standard InChI is InChI=1S/C15H33N5O/c1-5-20(14(2)3)9-7-18-15(16-4)17-6-8-19-10-12-21-13-11-19/h14H,5-13H2,1-4H3,(H2,16,17,18). The van der Waals surface area contributed by atoms with Crippen molar-refractivity contribution >= 4 is 5.96 Å². The monoisotopic (exact) mass is 299 g/mol. The molecule has 1 aliphatic rings. The van der Waals surface area contributed by atoms with Crippen molar-refractivity contribution in [2.45, 2.75) is 26.8 Å². The molecule has 21 heavy (non-hydrogen) atoms. The normalized spacial score (nSPS) is 17.5. The van der Waals surface area contributed by atoms with E-state index >= 15 is 0 Å². The molecule has 0 aromatic carbocycles. The van der Waals surface area contributed by atoms with Crippen molar-refractivity contribution < 1.29 is 4.74 Å². The molecule has 1 aliphatic heterocycles. The van der Waals surface area contributed by atoms with Crippen LogP contribution in [0.5, 0.6) is 0 Å². The van der Waals surface area contributed by atoms with Crippen molar-refractivity contribution in [1.29, 1.82) is 0 Å². The van der Waals surface area contributed by atoms with Gasteiger partial charge in [0.15, 0.2) is 5.96 Å². The number of nitrogens with one attached hydrogen (secondary N) is 2. The highest BCUT2D eigenvalue weighted by molar-refractivity contribution is 5.79. The zero-order valence-corrected chi connectivity index (χ0v) is 14.2. The lowest BCUT2D eigenvalue weighted by Gasteiger charge is -2.27. The molecule has 0 radical (unpaired) electrons. The molecule has 1 rings (SSSR count). The number of guanidine groups is 1. The van der Waals surface area contributed by atoms with Gasteiger partial charge in [0.1, 0.15) is 0 Å². The van der Waals surface area contributed by atoms with Crippen LogP contribution >= 0.6 is 0 Å². The Morgan fingerprint density at radius 2 is 1.90 bits per heavy atom. The maximum absolute atomic E-state index is 5.35. The highest BCUT2D eigenvalue weighted by Gasteiger charge is 2.10. The quantitative estimate of drug-likeness (QED) is 0.496. The zero-order valence-electron chi connectivity index (χ0n) is 14.2. The molecule has 0 spiro atoms. The Morgan fingerprint density at radius 3 is 2.48 bits per heavy atom. The van der Waals surface area contributed by atoms with E-state index < -0.39 is 0 Å². The van der Waals surface area contributed by atoms with Gasteiger partial charge in [-0.25, -0.2) is 0 Å². The van der Waals surface area contributed by atoms with E-state index in [0.29, 0.717) is 6.04 Å². The maximum atomic E-state index is 5.35. The van der Waals surface area contributed by atoms with Crippen LogP contribution in [0.1, 0.15) is 20.8 Å². The molecule has 2 N–H and O–H groups in total. The number of hydrogen-bond acceptors (Lipinski definition) is 4. The van der Waals surface area contributed by atoms with Gasteiger partial charge in [-0.05, 0) is 20.4 Å². The Balaban J connectivity index is 2.13. The fraction of sp³-hybridized carbons (Fsp3) is 0.933. The summed E-state index contributed by atoms with van der Waals surface area (Å²) < 4.78 is 5.35. The van der Waals surface area contributed by atoms with E-state index in [-0.39, 0.29) is 0 Å². The molecule has 0 saturated carbocycles. The van der Waals surface area contributed by atoms with Crippen LogP contribution in [0.2, 0.25) is 0 Å². The van der Waals surface area contributed by atoms with Crippen LogP contribution in [0, 0.1) is 0 Å². The van der Waals surface area contributed by atoms with Crippen LogP contribution in [0.3, 0.4) is 0 Å². The third-order valence-electron chi connectivity index (χ3n) is 3.88. The van der Waals surface area contributed by atoms with Crippen LogP contribution in [-0.4, -0.2) is 87.9 Å². The van der Waals surface area contributed by atoms with Crippen LogP contribution in [-0.2, 0) is 4.74 Å². The average molecular weight is 299 g/mol. The fourth-order valence-corrected chi connectivity index (χ4v) is 2.48. The second-order valence-electron chi connectivity index (χ2n) is 5.60. The summed E-state index contributed by atoms with van der Waals surface area (Å²) in [5.74, 6) is 0.892. The minimum absolute atomic E-state index is 0.591. The molecule has 0 bridgehead atoms. The summed E-state index contributed by atoms with van der Waals surface area (Å²) in [6.07, 6.45) is 0. The lowest BCUT2D eigenvalue weighted by molar-refractivity contribution is 0.0389. The summed E-state index contributed by atoms with van der Waals surface area (Å²) >= 11 is 0. The summed E-state index contributed by atoms with van der Waals surface area (Å²) in [6.45, 7) is 15.5. The van der Waals surface area contributed by atoms with E-state index in [0.717, 1.165) is 65.0 Å². The first-order chi connectivity index (χ1) is 10.2. The van der Waals surface area contributed by atoms with Gasteiger partial charge in [-0.1, -0.05) is 6.92 Å². The van der Waals surface area contributed by atoms with Gasteiger partial charge in [0.25, 0.3) is 0 Å². The van der Waals surface area contributed by atoms with Gasteiger partial charge in [0, 0.05) is 52.4 Å². The highest BCUT2D eigenvalue weighted by Crippen LogP contribution is 1.96. The fourth-order valence-electron chi connectivity index (χ4n) is 2.48. The predicted molar refractivity (Wildman–Crippen MR) is 89.0 cm³/mol. The minimum atomic E-state index is 0.591. The molecule has 0 aliphatic carbocycles.